The van der Waals surface area contributed by atoms with E-state index in [9.17, 15) is 10.1 Å². The molecule has 1 aromatic heterocycles. The average Bonchev–Trinajstić information content (AvgIpc) is 2.47. The molecule has 1 rings (SSSR count). The second-order valence-electron chi connectivity index (χ2n) is 2.36. The minimum Gasteiger partial charge on any atom is -0.370 e. The highest BCUT2D eigenvalue weighted by molar-refractivity contribution is 9.11. The Bertz CT molecular complexity index is 385. The van der Waals surface area contributed by atoms with Crippen LogP contribution in [0.5, 0.6) is 0 Å². The predicted octanol–water partition coefficient (Wildman–Crippen LogP) is 2.74. The molecule has 0 fully saturated rings. The van der Waals surface area contributed by atoms with Crippen molar-refractivity contribution in [2.75, 3.05) is 11.9 Å². The first-order valence-electron chi connectivity index (χ1n) is 3.69. The molecule has 14 heavy (non-hydrogen) atoms. The summed E-state index contributed by atoms with van der Waals surface area (Å²) in [5, 5.41) is 22.2. The van der Waals surface area contributed by atoms with Crippen molar-refractivity contribution in [1.82, 2.24) is 0 Å². The summed E-state index contributed by atoms with van der Waals surface area (Å²) in [4.78, 5) is 10.1. The maximum atomic E-state index is 10.6. The molecular weight excluding hydrogens is 270 g/mol. The molecule has 0 atom stereocenters. The van der Waals surface area contributed by atoms with Crippen LogP contribution < -0.4 is 5.32 Å². The second-order valence-corrected chi connectivity index (χ2v) is 4.79. The predicted molar refractivity (Wildman–Crippen MR) is 57.4 cm³/mol. The van der Waals surface area contributed by atoms with Gasteiger partial charge in [-0.3, -0.25) is 10.1 Å². The highest BCUT2D eigenvalue weighted by atomic mass is 79.9. The Morgan fingerprint density at radius 3 is 3.07 bits per heavy atom. The third-order valence-corrected chi connectivity index (χ3v) is 2.99. The molecule has 5 nitrogen and oxygen atoms in total. The van der Waals surface area contributed by atoms with Crippen LogP contribution in [0.4, 0.5) is 10.7 Å². The Hall–Kier alpha value is -1.13. The number of hydrogen-bond donors (Lipinski definition) is 1. The highest BCUT2D eigenvalue weighted by Crippen LogP contribution is 2.37. The summed E-state index contributed by atoms with van der Waals surface area (Å²) in [6.45, 7) is 0.421. The molecule has 0 aliphatic carbocycles. The molecule has 1 aromatic rings. The van der Waals surface area contributed by atoms with Crippen LogP contribution in [0.3, 0.4) is 0 Å². The van der Waals surface area contributed by atoms with Crippen molar-refractivity contribution in [1.29, 1.82) is 5.26 Å². The Kier molecular flexibility index (Phi) is 3.85. The van der Waals surface area contributed by atoms with Gasteiger partial charge >= 0.3 is 5.69 Å². The molecule has 1 N–H and O–H groups in total. The van der Waals surface area contributed by atoms with E-state index in [1.54, 1.807) is 0 Å². The number of anilines is 1. The summed E-state index contributed by atoms with van der Waals surface area (Å²) in [6.07, 6.45) is 0.326. The summed E-state index contributed by atoms with van der Waals surface area (Å²) < 4.78 is 0.698. The molecule has 0 saturated carbocycles. The van der Waals surface area contributed by atoms with Crippen LogP contribution in [0.15, 0.2) is 9.85 Å². The van der Waals surface area contributed by atoms with E-state index in [-0.39, 0.29) is 5.69 Å². The zero-order chi connectivity index (χ0) is 10.6. The standard InChI is InChI=1S/C7H6BrN3O2S/c8-6-4-5(11(12)13)7(14-6)10-3-1-2-9/h4,10H,1,3H2. The molecule has 74 valence electrons. The molecule has 1 heterocycles. The van der Waals surface area contributed by atoms with Crippen LogP contribution in [-0.2, 0) is 0 Å². The summed E-state index contributed by atoms with van der Waals surface area (Å²) in [5.74, 6) is 0. The van der Waals surface area contributed by atoms with Gasteiger partial charge in [-0.05, 0) is 15.9 Å². The molecule has 0 aliphatic rings. The zero-order valence-corrected chi connectivity index (χ0v) is 9.39. The first-order valence-corrected chi connectivity index (χ1v) is 5.30. The number of halogens is 1. The number of thiophene rings is 1. The average molecular weight is 276 g/mol. The van der Waals surface area contributed by atoms with Gasteiger partial charge in [0.05, 0.1) is 21.2 Å². The van der Waals surface area contributed by atoms with Gasteiger partial charge in [0, 0.05) is 12.6 Å². The normalized spacial score (nSPS) is 9.43. The van der Waals surface area contributed by atoms with Crippen LogP contribution in [0.2, 0.25) is 0 Å². The van der Waals surface area contributed by atoms with E-state index in [0.717, 1.165) is 0 Å². The van der Waals surface area contributed by atoms with Gasteiger partial charge in [0.2, 0.25) is 0 Å². The van der Waals surface area contributed by atoms with E-state index in [0.29, 0.717) is 21.8 Å². The first-order chi connectivity index (χ1) is 6.65. The lowest BCUT2D eigenvalue weighted by Crippen LogP contribution is -2.00. The minimum absolute atomic E-state index is 0.0415. The van der Waals surface area contributed by atoms with Crippen molar-refractivity contribution in [3.05, 3.63) is 20.0 Å². The maximum absolute atomic E-state index is 10.6. The summed E-state index contributed by atoms with van der Waals surface area (Å²) >= 11 is 4.42. The van der Waals surface area contributed by atoms with E-state index < -0.39 is 4.92 Å². The van der Waals surface area contributed by atoms with Gasteiger partial charge in [-0.15, -0.1) is 11.3 Å². The van der Waals surface area contributed by atoms with Gasteiger partial charge < -0.3 is 5.32 Å². The Morgan fingerprint density at radius 1 is 1.79 bits per heavy atom. The number of rotatable bonds is 4. The molecule has 0 spiro atoms. The molecule has 0 bridgehead atoms. The van der Waals surface area contributed by atoms with Gasteiger partial charge in [0.25, 0.3) is 0 Å². The van der Waals surface area contributed by atoms with Crippen LogP contribution >= 0.6 is 27.3 Å². The Morgan fingerprint density at radius 2 is 2.50 bits per heavy atom. The molecule has 0 radical (unpaired) electrons. The fraction of sp³-hybridized carbons (Fsp3) is 0.286. The van der Waals surface area contributed by atoms with Gasteiger partial charge in [0.15, 0.2) is 5.00 Å². The van der Waals surface area contributed by atoms with Crippen LogP contribution in [0.1, 0.15) is 6.42 Å². The van der Waals surface area contributed by atoms with Crippen molar-refractivity contribution in [3.63, 3.8) is 0 Å². The van der Waals surface area contributed by atoms with Crippen LogP contribution in [0.25, 0.3) is 0 Å². The fourth-order valence-electron chi connectivity index (χ4n) is 0.846. The van der Waals surface area contributed by atoms with Gasteiger partial charge in [0.1, 0.15) is 0 Å². The topological polar surface area (TPSA) is 79.0 Å². The summed E-state index contributed by atoms with van der Waals surface area (Å²) in [6, 6.07) is 3.40. The fourth-order valence-corrected chi connectivity index (χ4v) is 2.33. The molecule has 0 aliphatic heterocycles. The van der Waals surface area contributed by atoms with Crippen molar-refractivity contribution in [2.45, 2.75) is 6.42 Å². The van der Waals surface area contributed by atoms with E-state index >= 15 is 0 Å². The molecule has 7 heteroatoms. The van der Waals surface area contributed by atoms with Crippen LogP contribution in [0, 0.1) is 21.4 Å². The largest absolute Gasteiger partial charge is 0.370 e. The van der Waals surface area contributed by atoms with Crippen molar-refractivity contribution in [2.24, 2.45) is 0 Å². The second kappa shape index (κ2) is 4.93. The van der Waals surface area contributed by atoms with E-state index in [4.69, 9.17) is 5.26 Å². The van der Waals surface area contributed by atoms with E-state index in [1.807, 2.05) is 6.07 Å². The molecular formula is C7H6BrN3O2S. The van der Waals surface area contributed by atoms with Gasteiger partial charge in [-0.1, -0.05) is 0 Å². The number of nitriles is 1. The van der Waals surface area contributed by atoms with Crippen molar-refractivity contribution >= 4 is 38.0 Å². The Labute approximate surface area is 92.6 Å². The summed E-state index contributed by atoms with van der Waals surface area (Å²) in [5.41, 5.74) is 0.0415. The lowest BCUT2D eigenvalue weighted by atomic mass is 10.4. The molecule has 0 amide bonds. The first kappa shape index (κ1) is 10.9. The van der Waals surface area contributed by atoms with E-state index in [2.05, 4.69) is 21.2 Å². The molecule has 0 saturated heterocycles. The number of nitrogens with one attached hydrogen (secondary N) is 1. The van der Waals surface area contributed by atoms with Crippen molar-refractivity contribution in [3.8, 4) is 6.07 Å². The minimum atomic E-state index is -0.448. The third-order valence-electron chi connectivity index (χ3n) is 1.40. The molecule has 0 aromatic carbocycles. The highest BCUT2D eigenvalue weighted by Gasteiger charge is 2.17. The summed E-state index contributed by atoms with van der Waals surface area (Å²) in [7, 11) is 0. The van der Waals surface area contributed by atoms with E-state index in [1.165, 1.54) is 17.4 Å². The number of nitro groups is 1. The lowest BCUT2D eigenvalue weighted by Gasteiger charge is -1.98. The quantitative estimate of drug-likeness (QED) is 0.521. The number of hydrogen-bond acceptors (Lipinski definition) is 5. The smallest absolute Gasteiger partial charge is 0.304 e. The third kappa shape index (κ3) is 2.68. The maximum Gasteiger partial charge on any atom is 0.304 e. The number of nitrogens with zero attached hydrogens (tertiary/aromatic N) is 2. The Balaban J connectivity index is 2.75. The molecule has 0 unspecified atom stereocenters. The zero-order valence-electron chi connectivity index (χ0n) is 6.99. The van der Waals surface area contributed by atoms with Gasteiger partial charge in [-0.2, -0.15) is 5.26 Å². The monoisotopic (exact) mass is 275 g/mol. The van der Waals surface area contributed by atoms with Gasteiger partial charge in [-0.25, -0.2) is 0 Å². The van der Waals surface area contributed by atoms with Crippen molar-refractivity contribution < 1.29 is 4.92 Å². The lowest BCUT2D eigenvalue weighted by molar-refractivity contribution is -0.383. The van der Waals surface area contributed by atoms with Crippen LogP contribution in [-0.4, -0.2) is 11.5 Å². The SMILES string of the molecule is N#CCCNc1sc(Br)cc1[N+](=O)[O-].